The first-order valence-electron chi connectivity index (χ1n) is 8.34. The summed E-state index contributed by atoms with van der Waals surface area (Å²) in [7, 11) is 0. The molecule has 0 saturated carbocycles. The SMILES string of the molecule is C[C@H]1[C@H](NC(=O)c2cc3c(C(F)(F)F)coc3cn2)C2CCN1CC2. The largest absolute Gasteiger partial charge is 0.462 e. The highest BCUT2D eigenvalue weighted by Crippen LogP contribution is 2.36. The van der Waals surface area contributed by atoms with Gasteiger partial charge >= 0.3 is 6.18 Å². The highest BCUT2D eigenvalue weighted by molar-refractivity contribution is 5.96. The molecule has 5 rings (SSSR count). The Morgan fingerprint density at radius 1 is 1.36 bits per heavy atom. The predicted octanol–water partition coefficient (Wildman–Crippen LogP) is 3.06. The Morgan fingerprint density at radius 2 is 2.08 bits per heavy atom. The predicted molar refractivity (Wildman–Crippen MR) is 84.0 cm³/mol. The van der Waals surface area contributed by atoms with Gasteiger partial charge in [-0.15, -0.1) is 0 Å². The summed E-state index contributed by atoms with van der Waals surface area (Å²) in [6.07, 6.45) is -0.656. The molecular weight excluding hydrogens is 335 g/mol. The van der Waals surface area contributed by atoms with Crippen LogP contribution in [0.15, 0.2) is 22.9 Å². The summed E-state index contributed by atoms with van der Waals surface area (Å²) in [5, 5.41) is 2.83. The number of amides is 1. The number of alkyl halides is 3. The summed E-state index contributed by atoms with van der Waals surface area (Å²) < 4.78 is 44.0. The van der Waals surface area contributed by atoms with Crippen LogP contribution < -0.4 is 5.32 Å². The molecule has 134 valence electrons. The van der Waals surface area contributed by atoms with Gasteiger partial charge in [0, 0.05) is 17.5 Å². The molecule has 2 bridgehead atoms. The number of halogens is 3. The van der Waals surface area contributed by atoms with E-state index in [1.54, 1.807) is 0 Å². The summed E-state index contributed by atoms with van der Waals surface area (Å²) >= 11 is 0. The third kappa shape index (κ3) is 2.78. The van der Waals surface area contributed by atoms with Crippen LogP contribution in [0.3, 0.4) is 0 Å². The summed E-state index contributed by atoms with van der Waals surface area (Å²) in [4.78, 5) is 18.9. The van der Waals surface area contributed by atoms with E-state index in [-0.39, 0.29) is 28.7 Å². The normalized spacial score (nSPS) is 29.1. The van der Waals surface area contributed by atoms with Crippen LogP contribution in [0.25, 0.3) is 11.0 Å². The van der Waals surface area contributed by atoms with Crippen LogP contribution in [0.1, 0.15) is 35.8 Å². The first-order valence-corrected chi connectivity index (χ1v) is 8.34. The number of pyridine rings is 1. The van der Waals surface area contributed by atoms with Crippen molar-refractivity contribution >= 4 is 16.9 Å². The molecule has 1 N–H and O–H groups in total. The van der Waals surface area contributed by atoms with E-state index in [9.17, 15) is 18.0 Å². The molecule has 0 aliphatic carbocycles. The van der Waals surface area contributed by atoms with Crippen molar-refractivity contribution in [2.45, 2.75) is 38.0 Å². The Labute approximate surface area is 142 Å². The van der Waals surface area contributed by atoms with Gasteiger partial charge in [0.05, 0.1) is 6.20 Å². The molecular formula is C17H18F3N3O2. The number of furan rings is 1. The molecule has 2 aromatic rings. The number of rotatable bonds is 2. The number of hydrogen-bond donors (Lipinski definition) is 1. The molecule has 3 saturated heterocycles. The highest BCUT2D eigenvalue weighted by Gasteiger charge is 2.41. The Hall–Kier alpha value is -2.09. The standard InChI is InChI=1S/C17H18F3N3O2/c1-9-15(10-2-4-23(9)5-3-10)22-16(24)13-6-11-12(17(18,19)20)8-25-14(11)7-21-13/h6-10,15H,2-5H2,1H3,(H,22,24)/t9-,15-/m0/s1. The maximum Gasteiger partial charge on any atom is 0.420 e. The Bertz CT molecular complexity index is 807. The van der Waals surface area contributed by atoms with Crippen molar-refractivity contribution in [3.05, 3.63) is 29.8 Å². The molecule has 3 aliphatic heterocycles. The molecule has 3 aliphatic rings. The van der Waals surface area contributed by atoms with Crippen molar-refractivity contribution in [3.8, 4) is 0 Å². The summed E-state index contributed by atoms with van der Waals surface area (Å²) in [6.45, 7) is 4.14. The zero-order valence-electron chi connectivity index (χ0n) is 13.6. The molecule has 0 spiro atoms. The fraction of sp³-hybridized carbons (Fsp3) is 0.529. The number of piperidine rings is 3. The van der Waals surface area contributed by atoms with Crippen molar-refractivity contribution in [2.75, 3.05) is 13.1 Å². The van der Waals surface area contributed by atoms with Gasteiger partial charge in [0.25, 0.3) is 5.91 Å². The van der Waals surface area contributed by atoms with Crippen molar-refractivity contribution < 1.29 is 22.4 Å². The second kappa shape index (κ2) is 5.72. The van der Waals surface area contributed by atoms with E-state index in [2.05, 4.69) is 22.1 Å². The van der Waals surface area contributed by atoms with Crippen LogP contribution >= 0.6 is 0 Å². The molecule has 5 nitrogen and oxygen atoms in total. The molecule has 25 heavy (non-hydrogen) atoms. The van der Waals surface area contributed by atoms with Gasteiger partial charge in [0.15, 0.2) is 5.58 Å². The average molecular weight is 353 g/mol. The smallest absolute Gasteiger partial charge is 0.420 e. The number of aromatic nitrogens is 1. The van der Waals surface area contributed by atoms with Gasteiger partial charge in [-0.1, -0.05) is 0 Å². The minimum atomic E-state index is -4.54. The van der Waals surface area contributed by atoms with Crippen LogP contribution in [0, 0.1) is 5.92 Å². The third-order valence-corrected chi connectivity index (χ3v) is 5.47. The van der Waals surface area contributed by atoms with E-state index in [0.29, 0.717) is 12.2 Å². The molecule has 2 atom stereocenters. The lowest BCUT2D eigenvalue weighted by molar-refractivity contribution is -0.136. The second-order valence-corrected chi connectivity index (χ2v) is 6.83. The van der Waals surface area contributed by atoms with Crippen molar-refractivity contribution in [2.24, 2.45) is 5.92 Å². The monoisotopic (exact) mass is 353 g/mol. The Balaban J connectivity index is 1.60. The van der Waals surface area contributed by atoms with Crippen LogP contribution in [0.2, 0.25) is 0 Å². The van der Waals surface area contributed by atoms with E-state index in [1.807, 2.05) is 0 Å². The fourth-order valence-corrected chi connectivity index (χ4v) is 4.05. The van der Waals surface area contributed by atoms with Gasteiger partial charge in [-0.3, -0.25) is 9.69 Å². The lowest BCUT2D eigenvalue weighted by atomic mass is 9.79. The maximum absolute atomic E-state index is 13.0. The van der Waals surface area contributed by atoms with Gasteiger partial charge < -0.3 is 9.73 Å². The molecule has 0 unspecified atom stereocenters. The topological polar surface area (TPSA) is 58.4 Å². The van der Waals surface area contributed by atoms with Gasteiger partial charge in [0.1, 0.15) is 17.5 Å². The molecule has 3 fully saturated rings. The molecule has 2 aromatic heterocycles. The van der Waals surface area contributed by atoms with E-state index in [4.69, 9.17) is 4.42 Å². The first kappa shape index (κ1) is 16.4. The van der Waals surface area contributed by atoms with Crippen molar-refractivity contribution in [3.63, 3.8) is 0 Å². The number of nitrogens with one attached hydrogen (secondary N) is 1. The van der Waals surface area contributed by atoms with Crippen LogP contribution in [-0.2, 0) is 6.18 Å². The molecule has 0 aromatic carbocycles. The zero-order chi connectivity index (χ0) is 17.8. The minimum absolute atomic E-state index is 0.000988. The van der Waals surface area contributed by atoms with Crippen LogP contribution in [-0.4, -0.2) is 41.0 Å². The van der Waals surface area contributed by atoms with E-state index in [1.165, 1.54) is 6.20 Å². The minimum Gasteiger partial charge on any atom is -0.462 e. The quantitative estimate of drug-likeness (QED) is 0.902. The lowest BCUT2D eigenvalue weighted by Gasteiger charge is -2.49. The van der Waals surface area contributed by atoms with Gasteiger partial charge in [0.2, 0.25) is 0 Å². The number of carbonyl (C=O) groups is 1. The lowest BCUT2D eigenvalue weighted by Crippen LogP contribution is -2.62. The van der Waals surface area contributed by atoms with Crippen LogP contribution in [0.4, 0.5) is 13.2 Å². The Kier molecular flexibility index (Phi) is 3.75. The number of nitrogens with zero attached hydrogens (tertiary/aromatic N) is 2. The average Bonchev–Trinajstić information content (AvgIpc) is 3.01. The summed E-state index contributed by atoms with van der Waals surface area (Å²) in [5.41, 5.74) is -0.904. The number of hydrogen-bond acceptors (Lipinski definition) is 4. The maximum atomic E-state index is 13.0. The Morgan fingerprint density at radius 3 is 2.72 bits per heavy atom. The van der Waals surface area contributed by atoms with Gasteiger partial charge in [-0.2, -0.15) is 13.2 Å². The van der Waals surface area contributed by atoms with E-state index >= 15 is 0 Å². The van der Waals surface area contributed by atoms with Gasteiger partial charge in [-0.25, -0.2) is 4.98 Å². The first-order chi connectivity index (χ1) is 11.8. The molecule has 1 amide bonds. The second-order valence-electron chi connectivity index (χ2n) is 6.83. The molecule has 5 heterocycles. The summed E-state index contributed by atoms with van der Waals surface area (Å²) in [5.74, 6) is -0.0332. The zero-order valence-corrected chi connectivity index (χ0v) is 13.6. The summed E-state index contributed by atoms with van der Waals surface area (Å²) in [6, 6.07) is 1.38. The third-order valence-electron chi connectivity index (χ3n) is 5.47. The molecule has 0 radical (unpaired) electrons. The number of fused-ring (bicyclic) bond motifs is 4. The highest BCUT2D eigenvalue weighted by atomic mass is 19.4. The van der Waals surface area contributed by atoms with Crippen molar-refractivity contribution in [1.29, 1.82) is 0 Å². The molecule has 8 heteroatoms. The van der Waals surface area contributed by atoms with E-state index in [0.717, 1.165) is 32.0 Å². The number of carbonyl (C=O) groups excluding carboxylic acids is 1. The van der Waals surface area contributed by atoms with Crippen molar-refractivity contribution in [1.82, 2.24) is 15.2 Å². The van der Waals surface area contributed by atoms with Gasteiger partial charge in [-0.05, 0) is 44.8 Å². The van der Waals surface area contributed by atoms with E-state index < -0.39 is 17.6 Å². The van der Waals surface area contributed by atoms with Crippen LogP contribution in [0.5, 0.6) is 0 Å². The fourth-order valence-electron chi connectivity index (χ4n) is 4.05.